The van der Waals surface area contributed by atoms with Crippen molar-refractivity contribution in [3.05, 3.63) is 71.4 Å². The topological polar surface area (TPSA) is 111 Å². The molecular formula is C24H26N4O5. The normalized spacial score (nSPS) is 10.8. The summed E-state index contributed by atoms with van der Waals surface area (Å²) in [5.41, 5.74) is 5.67. The highest BCUT2D eigenvalue weighted by Gasteiger charge is 2.15. The molecule has 0 saturated carbocycles. The zero-order chi connectivity index (χ0) is 23.6. The Morgan fingerprint density at radius 2 is 1.76 bits per heavy atom. The van der Waals surface area contributed by atoms with E-state index in [2.05, 4.69) is 15.8 Å². The molecular weight excluding hydrogens is 424 g/mol. The highest BCUT2D eigenvalue weighted by atomic mass is 16.5. The van der Waals surface area contributed by atoms with Crippen LogP contribution in [0.3, 0.4) is 0 Å². The molecule has 0 aliphatic rings. The molecule has 33 heavy (non-hydrogen) atoms. The number of nitrogens with one attached hydrogen (secondary N) is 2. The summed E-state index contributed by atoms with van der Waals surface area (Å²) >= 11 is 0. The summed E-state index contributed by atoms with van der Waals surface area (Å²) in [6, 6.07) is 16.8. The van der Waals surface area contributed by atoms with Crippen molar-refractivity contribution in [1.82, 2.24) is 15.3 Å². The third-order valence-corrected chi connectivity index (χ3v) is 4.86. The molecule has 1 aromatic heterocycles. The number of fused-ring (bicyclic) bond motifs is 1. The van der Waals surface area contributed by atoms with Crippen LogP contribution in [0.25, 0.3) is 10.9 Å². The predicted molar refractivity (Wildman–Crippen MR) is 124 cm³/mol. The Kier molecular flexibility index (Phi) is 8.18. The Labute approximate surface area is 191 Å². The van der Waals surface area contributed by atoms with E-state index < -0.39 is 12.0 Å². The summed E-state index contributed by atoms with van der Waals surface area (Å²) in [5, 5.41) is 7.27. The fraction of sp³-hybridized carbons (Fsp3) is 0.250. The van der Waals surface area contributed by atoms with Gasteiger partial charge in [0.2, 0.25) is 0 Å². The fourth-order valence-corrected chi connectivity index (χ4v) is 3.30. The van der Waals surface area contributed by atoms with Crippen molar-refractivity contribution in [2.75, 3.05) is 13.2 Å². The van der Waals surface area contributed by atoms with Gasteiger partial charge in [0.15, 0.2) is 0 Å². The first-order chi connectivity index (χ1) is 16.0. The van der Waals surface area contributed by atoms with Crippen molar-refractivity contribution in [3.63, 3.8) is 0 Å². The van der Waals surface area contributed by atoms with Crippen molar-refractivity contribution < 1.29 is 23.9 Å². The highest BCUT2D eigenvalue weighted by molar-refractivity contribution is 6.01. The van der Waals surface area contributed by atoms with Crippen molar-refractivity contribution in [3.8, 4) is 0 Å². The summed E-state index contributed by atoms with van der Waals surface area (Å²) in [5.74, 6) is -0.834. The Balaban J connectivity index is 1.56. The van der Waals surface area contributed by atoms with E-state index in [-0.39, 0.29) is 25.7 Å². The minimum atomic E-state index is -0.698. The average Bonchev–Trinajstić information content (AvgIpc) is 3.08. The largest absolute Gasteiger partial charge is 0.465 e. The van der Waals surface area contributed by atoms with E-state index in [0.717, 1.165) is 27.7 Å². The minimum Gasteiger partial charge on any atom is -0.465 e. The molecule has 0 radical (unpaired) electrons. The average molecular weight is 450 g/mol. The van der Waals surface area contributed by atoms with Crippen LogP contribution in [0.15, 0.2) is 59.7 Å². The maximum absolute atomic E-state index is 12.0. The van der Waals surface area contributed by atoms with Gasteiger partial charge in [-0.05, 0) is 25.5 Å². The second kappa shape index (κ2) is 11.5. The molecule has 1 heterocycles. The molecule has 0 aliphatic carbocycles. The SMILES string of the molecule is CCOC(=O)Cn1c(C)c(C=NNC(=O)CNC(=O)OCc2ccccc2)c2ccccc21. The lowest BCUT2D eigenvalue weighted by Crippen LogP contribution is -2.35. The second-order valence-corrected chi connectivity index (χ2v) is 7.12. The summed E-state index contributed by atoms with van der Waals surface area (Å²) in [7, 11) is 0. The van der Waals surface area contributed by atoms with Crippen LogP contribution >= 0.6 is 0 Å². The first-order valence-electron chi connectivity index (χ1n) is 10.5. The Morgan fingerprint density at radius 1 is 1.03 bits per heavy atom. The number of hydrazone groups is 1. The smallest absolute Gasteiger partial charge is 0.407 e. The number of para-hydroxylation sites is 1. The lowest BCUT2D eigenvalue weighted by molar-refractivity contribution is -0.143. The van der Waals surface area contributed by atoms with Gasteiger partial charge < -0.3 is 19.4 Å². The van der Waals surface area contributed by atoms with E-state index in [1.54, 1.807) is 6.92 Å². The van der Waals surface area contributed by atoms with Crippen molar-refractivity contribution in [2.24, 2.45) is 5.10 Å². The van der Waals surface area contributed by atoms with Gasteiger partial charge in [-0.25, -0.2) is 10.2 Å². The number of amides is 2. The van der Waals surface area contributed by atoms with Crippen molar-refractivity contribution in [1.29, 1.82) is 0 Å². The Bertz CT molecular complexity index is 1150. The molecule has 0 atom stereocenters. The highest BCUT2D eigenvalue weighted by Crippen LogP contribution is 2.24. The molecule has 0 unspecified atom stereocenters. The van der Waals surface area contributed by atoms with Crippen LogP contribution in [-0.4, -0.2) is 41.9 Å². The van der Waals surface area contributed by atoms with E-state index in [4.69, 9.17) is 9.47 Å². The zero-order valence-corrected chi connectivity index (χ0v) is 18.5. The molecule has 9 nitrogen and oxygen atoms in total. The molecule has 0 spiro atoms. The molecule has 3 aromatic rings. The van der Waals surface area contributed by atoms with E-state index in [1.807, 2.05) is 66.1 Å². The Morgan fingerprint density at radius 3 is 2.52 bits per heavy atom. The molecule has 9 heteroatoms. The lowest BCUT2D eigenvalue weighted by atomic mass is 10.1. The number of hydrogen-bond acceptors (Lipinski definition) is 6. The van der Waals surface area contributed by atoms with Gasteiger partial charge in [0, 0.05) is 22.2 Å². The number of hydrogen-bond donors (Lipinski definition) is 2. The van der Waals surface area contributed by atoms with Crippen LogP contribution in [0.1, 0.15) is 23.7 Å². The molecule has 0 fully saturated rings. The van der Waals surface area contributed by atoms with Crippen molar-refractivity contribution >= 4 is 35.1 Å². The summed E-state index contributed by atoms with van der Waals surface area (Å²) in [6.07, 6.45) is 0.821. The quantitative estimate of drug-likeness (QED) is 0.296. The number of ether oxygens (including phenoxy) is 2. The number of nitrogens with zero attached hydrogens (tertiary/aromatic N) is 2. The van der Waals surface area contributed by atoms with Gasteiger partial charge in [0.25, 0.3) is 5.91 Å². The summed E-state index contributed by atoms with van der Waals surface area (Å²) < 4.78 is 12.0. The summed E-state index contributed by atoms with van der Waals surface area (Å²) in [6.45, 7) is 3.85. The van der Waals surface area contributed by atoms with Gasteiger partial charge in [-0.1, -0.05) is 48.5 Å². The van der Waals surface area contributed by atoms with Crippen LogP contribution in [0.2, 0.25) is 0 Å². The molecule has 0 aliphatic heterocycles. The molecule has 172 valence electrons. The van der Waals surface area contributed by atoms with Gasteiger partial charge in [0.05, 0.1) is 12.8 Å². The van der Waals surface area contributed by atoms with Crippen LogP contribution in [0.4, 0.5) is 4.79 Å². The number of esters is 1. The van der Waals surface area contributed by atoms with E-state index in [9.17, 15) is 14.4 Å². The number of carbonyl (C=O) groups is 3. The van der Waals surface area contributed by atoms with Crippen LogP contribution in [-0.2, 0) is 32.2 Å². The number of rotatable bonds is 9. The van der Waals surface area contributed by atoms with E-state index >= 15 is 0 Å². The standard InChI is InChI=1S/C24H26N4O5/c1-3-32-23(30)15-28-17(2)20(19-11-7-8-12-21(19)28)13-26-27-22(29)14-25-24(31)33-16-18-9-5-4-6-10-18/h4-13H,3,14-16H2,1-2H3,(H,25,31)(H,27,29). The van der Waals surface area contributed by atoms with E-state index in [0.29, 0.717) is 6.61 Å². The molecule has 3 rings (SSSR count). The van der Waals surface area contributed by atoms with Crippen LogP contribution in [0.5, 0.6) is 0 Å². The number of benzene rings is 2. The molecule has 2 N–H and O–H groups in total. The maximum atomic E-state index is 12.0. The van der Waals surface area contributed by atoms with Gasteiger partial charge in [-0.15, -0.1) is 0 Å². The van der Waals surface area contributed by atoms with Crippen LogP contribution in [0, 0.1) is 6.92 Å². The monoisotopic (exact) mass is 450 g/mol. The fourth-order valence-electron chi connectivity index (χ4n) is 3.30. The lowest BCUT2D eigenvalue weighted by Gasteiger charge is -2.07. The van der Waals surface area contributed by atoms with Gasteiger partial charge >= 0.3 is 12.1 Å². The van der Waals surface area contributed by atoms with Crippen molar-refractivity contribution in [2.45, 2.75) is 27.0 Å². The third kappa shape index (κ3) is 6.42. The first kappa shape index (κ1) is 23.5. The Hall–Kier alpha value is -4.14. The molecule has 0 bridgehead atoms. The number of carbonyl (C=O) groups excluding carboxylic acids is 3. The summed E-state index contributed by atoms with van der Waals surface area (Å²) in [4.78, 5) is 35.8. The van der Waals surface area contributed by atoms with E-state index in [1.165, 1.54) is 6.21 Å². The van der Waals surface area contributed by atoms with Gasteiger partial charge in [-0.2, -0.15) is 5.10 Å². The second-order valence-electron chi connectivity index (χ2n) is 7.12. The predicted octanol–water partition coefficient (Wildman–Crippen LogP) is 2.89. The maximum Gasteiger partial charge on any atom is 0.407 e. The number of alkyl carbamates (subject to hydrolysis) is 1. The zero-order valence-electron chi connectivity index (χ0n) is 18.5. The van der Waals surface area contributed by atoms with Gasteiger partial charge in [0.1, 0.15) is 19.7 Å². The minimum absolute atomic E-state index is 0.0788. The molecule has 0 saturated heterocycles. The molecule has 2 aromatic carbocycles. The first-order valence-corrected chi connectivity index (χ1v) is 10.5. The van der Waals surface area contributed by atoms with Gasteiger partial charge in [-0.3, -0.25) is 9.59 Å². The molecule has 2 amide bonds. The van der Waals surface area contributed by atoms with Crippen LogP contribution < -0.4 is 10.7 Å². The number of aromatic nitrogens is 1. The third-order valence-electron chi connectivity index (χ3n) is 4.86.